The number of fused-ring (bicyclic) bond motifs is 1. The molecule has 1 atom stereocenters. The summed E-state index contributed by atoms with van der Waals surface area (Å²) >= 11 is 6.21. The molecule has 0 spiro atoms. The van der Waals surface area contributed by atoms with E-state index in [1.165, 1.54) is 5.56 Å². The molecule has 0 fully saturated rings. The summed E-state index contributed by atoms with van der Waals surface area (Å²) in [5, 5.41) is 5.43. The number of Topliss-reactive ketones (excluding diaryl/α,β-unsaturated/α-hetero) is 1. The number of halogens is 1. The highest BCUT2D eigenvalue weighted by molar-refractivity contribution is 6.30. The molecule has 0 amide bonds. The van der Waals surface area contributed by atoms with Crippen molar-refractivity contribution in [2.75, 3.05) is 7.11 Å². The lowest BCUT2D eigenvalue weighted by Gasteiger charge is -2.21. The second-order valence-corrected chi connectivity index (χ2v) is 7.23. The second kappa shape index (κ2) is 7.20. The van der Waals surface area contributed by atoms with Crippen molar-refractivity contribution in [1.82, 2.24) is 9.78 Å². The molecule has 0 saturated heterocycles. The van der Waals surface area contributed by atoms with Crippen LogP contribution in [-0.4, -0.2) is 22.7 Å². The third kappa shape index (κ3) is 3.15. The number of hydrogen-bond acceptors (Lipinski definition) is 3. The van der Waals surface area contributed by atoms with Gasteiger partial charge in [0.05, 0.1) is 24.1 Å². The van der Waals surface area contributed by atoms with Gasteiger partial charge >= 0.3 is 0 Å². The summed E-state index contributed by atoms with van der Waals surface area (Å²) in [7, 11) is 1.62. The fourth-order valence-corrected chi connectivity index (χ4v) is 4.08. The van der Waals surface area contributed by atoms with Crippen LogP contribution in [0.25, 0.3) is 5.69 Å². The molecule has 0 bridgehead atoms. The minimum Gasteiger partial charge on any atom is -0.494 e. The Morgan fingerprint density at radius 2 is 1.96 bits per heavy atom. The third-order valence-corrected chi connectivity index (χ3v) is 5.41. The van der Waals surface area contributed by atoms with E-state index in [0.717, 1.165) is 29.1 Å². The van der Waals surface area contributed by atoms with Crippen LogP contribution in [0.3, 0.4) is 0 Å². The highest BCUT2D eigenvalue weighted by Gasteiger charge is 2.32. The van der Waals surface area contributed by atoms with E-state index in [1.807, 2.05) is 41.9 Å². The highest BCUT2D eigenvalue weighted by atomic mass is 35.5. The van der Waals surface area contributed by atoms with Gasteiger partial charge in [-0.05, 0) is 42.5 Å². The molecule has 1 aliphatic carbocycles. The van der Waals surface area contributed by atoms with Gasteiger partial charge in [0.25, 0.3) is 0 Å². The van der Waals surface area contributed by atoms with Gasteiger partial charge in [-0.1, -0.05) is 48.9 Å². The molecule has 0 N–H and O–H groups in total. The van der Waals surface area contributed by atoms with E-state index in [9.17, 15) is 4.79 Å². The van der Waals surface area contributed by atoms with Crippen molar-refractivity contribution in [2.24, 2.45) is 0 Å². The molecule has 4 nitrogen and oxygen atoms in total. The van der Waals surface area contributed by atoms with E-state index in [-0.39, 0.29) is 11.7 Å². The standard InChI is InChI=1S/C22H21ClN2O2/c1-3-18-22-17(11-15(12-20(22)26)14-7-5-4-6-8-14)24-25(18)19-13-16(23)9-10-21(19)27-2/h4-10,13,15H,3,11-12H2,1-2H3/t15-/m1/s1. The second-order valence-electron chi connectivity index (χ2n) is 6.79. The first kappa shape index (κ1) is 17.8. The molecule has 27 heavy (non-hydrogen) atoms. The van der Waals surface area contributed by atoms with Crippen LogP contribution in [0.5, 0.6) is 5.75 Å². The van der Waals surface area contributed by atoms with E-state index in [0.29, 0.717) is 23.6 Å². The first-order chi connectivity index (χ1) is 13.1. The molecule has 5 heteroatoms. The largest absolute Gasteiger partial charge is 0.494 e. The van der Waals surface area contributed by atoms with Gasteiger partial charge in [0.15, 0.2) is 5.78 Å². The SMILES string of the molecule is CCc1c2c(nn1-c1cc(Cl)ccc1OC)C[C@@H](c1ccccc1)CC2=O. The maximum absolute atomic E-state index is 13.0. The maximum Gasteiger partial charge on any atom is 0.167 e. The predicted molar refractivity (Wildman–Crippen MR) is 106 cm³/mol. The Balaban J connectivity index is 1.83. The molecule has 0 unspecified atom stereocenters. The number of ketones is 1. The summed E-state index contributed by atoms with van der Waals surface area (Å²) in [6, 6.07) is 15.6. The molecule has 0 saturated carbocycles. The van der Waals surface area contributed by atoms with Gasteiger partial charge in [-0.25, -0.2) is 4.68 Å². The van der Waals surface area contributed by atoms with E-state index in [4.69, 9.17) is 21.4 Å². The van der Waals surface area contributed by atoms with Gasteiger partial charge in [0.2, 0.25) is 0 Å². The van der Waals surface area contributed by atoms with Gasteiger partial charge in [-0.15, -0.1) is 0 Å². The van der Waals surface area contributed by atoms with Gasteiger partial charge in [-0.2, -0.15) is 5.10 Å². The number of methoxy groups -OCH3 is 1. The first-order valence-electron chi connectivity index (χ1n) is 9.15. The summed E-state index contributed by atoms with van der Waals surface area (Å²) in [6.45, 7) is 2.04. The number of rotatable bonds is 4. The Bertz CT molecular complexity index is 995. The maximum atomic E-state index is 13.0. The molecule has 3 aromatic rings. The van der Waals surface area contributed by atoms with E-state index < -0.39 is 0 Å². The van der Waals surface area contributed by atoms with Crippen molar-refractivity contribution < 1.29 is 9.53 Å². The van der Waals surface area contributed by atoms with Crippen molar-refractivity contribution in [2.45, 2.75) is 32.1 Å². The summed E-state index contributed by atoms with van der Waals surface area (Å²) in [5.74, 6) is 1.01. The summed E-state index contributed by atoms with van der Waals surface area (Å²) < 4.78 is 7.33. The number of benzene rings is 2. The predicted octanol–water partition coefficient (Wildman–Crippen LogP) is 5.01. The topological polar surface area (TPSA) is 44.1 Å². The number of nitrogens with zero attached hydrogens (tertiary/aromatic N) is 2. The quantitative estimate of drug-likeness (QED) is 0.639. The molecule has 1 heterocycles. The number of aromatic nitrogens is 2. The van der Waals surface area contributed by atoms with E-state index in [2.05, 4.69) is 12.1 Å². The lowest BCUT2D eigenvalue weighted by atomic mass is 9.81. The van der Waals surface area contributed by atoms with Crippen molar-refractivity contribution in [3.8, 4) is 11.4 Å². The first-order valence-corrected chi connectivity index (χ1v) is 9.53. The Labute approximate surface area is 163 Å². The molecule has 0 aliphatic heterocycles. The van der Waals surface area contributed by atoms with Gasteiger partial charge in [0.1, 0.15) is 11.4 Å². The number of ether oxygens (including phenoxy) is 1. The van der Waals surface area contributed by atoms with Gasteiger partial charge in [-0.3, -0.25) is 4.79 Å². The van der Waals surface area contributed by atoms with Crippen LogP contribution >= 0.6 is 11.6 Å². The molecule has 4 rings (SSSR count). The number of carbonyl (C=O) groups excluding carboxylic acids is 1. The number of carbonyl (C=O) groups is 1. The smallest absolute Gasteiger partial charge is 0.167 e. The summed E-state index contributed by atoms with van der Waals surface area (Å²) in [4.78, 5) is 13.0. The lowest BCUT2D eigenvalue weighted by Crippen LogP contribution is -2.19. The zero-order valence-corrected chi connectivity index (χ0v) is 16.2. The Morgan fingerprint density at radius 1 is 1.19 bits per heavy atom. The van der Waals surface area contributed by atoms with Crippen LogP contribution in [0, 0.1) is 0 Å². The van der Waals surface area contributed by atoms with Crippen molar-refractivity contribution in [3.63, 3.8) is 0 Å². The molecule has 1 aromatic heterocycles. The van der Waals surface area contributed by atoms with Crippen molar-refractivity contribution >= 4 is 17.4 Å². The van der Waals surface area contributed by atoms with Crippen LogP contribution < -0.4 is 4.74 Å². The zero-order valence-electron chi connectivity index (χ0n) is 15.4. The van der Waals surface area contributed by atoms with E-state index >= 15 is 0 Å². The van der Waals surface area contributed by atoms with Crippen LogP contribution in [0.15, 0.2) is 48.5 Å². The monoisotopic (exact) mass is 380 g/mol. The Morgan fingerprint density at radius 3 is 2.67 bits per heavy atom. The lowest BCUT2D eigenvalue weighted by molar-refractivity contribution is 0.0963. The molecular formula is C22H21ClN2O2. The highest BCUT2D eigenvalue weighted by Crippen LogP contribution is 2.36. The van der Waals surface area contributed by atoms with Crippen LogP contribution in [-0.2, 0) is 12.8 Å². The fourth-order valence-electron chi connectivity index (χ4n) is 3.92. The number of hydrogen-bond donors (Lipinski definition) is 0. The summed E-state index contributed by atoms with van der Waals surface area (Å²) in [6.07, 6.45) is 1.98. The molecule has 1 aliphatic rings. The minimum absolute atomic E-state index is 0.161. The Kier molecular flexibility index (Phi) is 4.75. The third-order valence-electron chi connectivity index (χ3n) is 5.18. The van der Waals surface area contributed by atoms with E-state index in [1.54, 1.807) is 13.2 Å². The van der Waals surface area contributed by atoms with Crippen molar-refractivity contribution in [3.05, 3.63) is 76.1 Å². The van der Waals surface area contributed by atoms with Gasteiger partial charge < -0.3 is 4.74 Å². The summed E-state index contributed by atoms with van der Waals surface area (Å²) in [5.41, 5.74) is 4.50. The van der Waals surface area contributed by atoms with Crippen LogP contribution in [0.1, 0.15) is 46.6 Å². The van der Waals surface area contributed by atoms with Crippen LogP contribution in [0.2, 0.25) is 5.02 Å². The molecule has 138 valence electrons. The molecule has 2 aromatic carbocycles. The van der Waals surface area contributed by atoms with Crippen LogP contribution in [0.4, 0.5) is 0 Å². The zero-order chi connectivity index (χ0) is 19.0. The molecule has 0 radical (unpaired) electrons. The normalized spacial score (nSPS) is 16.3. The van der Waals surface area contributed by atoms with Gasteiger partial charge in [0, 0.05) is 11.4 Å². The average molecular weight is 381 g/mol. The Hall–Kier alpha value is -2.59. The average Bonchev–Trinajstić information content (AvgIpc) is 3.07. The molecular weight excluding hydrogens is 360 g/mol. The van der Waals surface area contributed by atoms with Crippen molar-refractivity contribution in [1.29, 1.82) is 0 Å². The fraction of sp³-hybridized carbons (Fsp3) is 0.273. The minimum atomic E-state index is 0.161.